The van der Waals surface area contributed by atoms with E-state index in [1.165, 1.54) is 0 Å². The minimum absolute atomic E-state index is 0.227. The molecular weight excluding hydrogens is 252 g/mol. The molecule has 0 bridgehead atoms. The molecule has 1 N–H and O–H groups in total. The number of aromatic nitrogens is 4. The maximum Gasteiger partial charge on any atom is 0.214 e. The highest BCUT2D eigenvalue weighted by Gasteiger charge is 2.20. The highest BCUT2D eigenvalue weighted by atomic mass is 32.2. The Bertz CT molecular complexity index is 522. The molecular formula is C11H12N4O2S. The van der Waals surface area contributed by atoms with Gasteiger partial charge in [0.2, 0.25) is 5.16 Å². The highest BCUT2D eigenvalue weighted by Crippen LogP contribution is 2.28. The molecule has 0 saturated carbocycles. The summed E-state index contributed by atoms with van der Waals surface area (Å²) in [4.78, 5) is 0. The van der Waals surface area contributed by atoms with Gasteiger partial charge < -0.3 is 9.84 Å². The molecule has 3 rings (SSSR count). The van der Waals surface area contributed by atoms with Crippen LogP contribution in [0.3, 0.4) is 0 Å². The normalized spacial score (nSPS) is 19.2. The van der Waals surface area contributed by atoms with Gasteiger partial charge in [0.25, 0.3) is 0 Å². The first-order valence-electron chi connectivity index (χ1n) is 5.65. The molecule has 0 spiro atoms. The lowest BCUT2D eigenvalue weighted by Gasteiger charge is -2.07. The molecule has 1 fully saturated rings. The van der Waals surface area contributed by atoms with Crippen molar-refractivity contribution in [3.63, 3.8) is 0 Å². The van der Waals surface area contributed by atoms with E-state index in [4.69, 9.17) is 4.74 Å². The van der Waals surface area contributed by atoms with Gasteiger partial charge in [0, 0.05) is 11.9 Å². The number of nitrogens with zero attached hydrogens (tertiary/aromatic N) is 4. The molecule has 18 heavy (non-hydrogen) atoms. The molecule has 1 aromatic heterocycles. The van der Waals surface area contributed by atoms with Gasteiger partial charge in [0.05, 0.1) is 12.3 Å². The Morgan fingerprint density at radius 3 is 2.89 bits per heavy atom. The molecule has 0 aliphatic carbocycles. The molecule has 6 nitrogen and oxygen atoms in total. The average Bonchev–Trinajstić information content (AvgIpc) is 3.02. The van der Waals surface area contributed by atoms with Crippen molar-refractivity contribution in [2.24, 2.45) is 0 Å². The second kappa shape index (κ2) is 4.95. The Balaban J connectivity index is 1.84. The van der Waals surface area contributed by atoms with Crippen molar-refractivity contribution in [1.29, 1.82) is 0 Å². The van der Waals surface area contributed by atoms with Crippen LogP contribution in [0.2, 0.25) is 0 Å². The summed E-state index contributed by atoms with van der Waals surface area (Å²) >= 11 is 1.62. The fourth-order valence-corrected chi connectivity index (χ4v) is 2.77. The van der Waals surface area contributed by atoms with E-state index < -0.39 is 0 Å². The molecule has 0 amide bonds. The third kappa shape index (κ3) is 2.32. The maximum absolute atomic E-state index is 9.27. The van der Waals surface area contributed by atoms with E-state index in [0.29, 0.717) is 5.25 Å². The van der Waals surface area contributed by atoms with Gasteiger partial charge in [-0.3, -0.25) is 0 Å². The number of phenols is 1. The number of hydrogen-bond donors (Lipinski definition) is 1. The summed E-state index contributed by atoms with van der Waals surface area (Å²) in [6.07, 6.45) is 1.02. The Morgan fingerprint density at radius 1 is 1.33 bits per heavy atom. The molecule has 1 unspecified atom stereocenters. The first-order chi connectivity index (χ1) is 8.83. The van der Waals surface area contributed by atoms with Gasteiger partial charge in [-0.1, -0.05) is 11.8 Å². The molecule has 1 saturated heterocycles. The van der Waals surface area contributed by atoms with Crippen molar-refractivity contribution in [1.82, 2.24) is 20.2 Å². The first kappa shape index (κ1) is 11.5. The fraction of sp³-hybridized carbons (Fsp3) is 0.364. The second-order valence-electron chi connectivity index (χ2n) is 3.99. The molecule has 2 heterocycles. The number of phenolic OH excluding ortho intramolecular Hbond substituents is 1. The summed E-state index contributed by atoms with van der Waals surface area (Å²) in [5.74, 6) is 0.227. The van der Waals surface area contributed by atoms with Crippen LogP contribution in [-0.4, -0.2) is 43.8 Å². The Hall–Kier alpha value is -1.60. The number of hydrogen-bond acceptors (Lipinski definition) is 6. The van der Waals surface area contributed by atoms with Crippen LogP contribution in [0.4, 0.5) is 0 Å². The highest BCUT2D eigenvalue weighted by molar-refractivity contribution is 7.99. The average molecular weight is 264 g/mol. The van der Waals surface area contributed by atoms with Gasteiger partial charge in [-0.2, -0.15) is 4.68 Å². The third-order valence-electron chi connectivity index (χ3n) is 2.70. The van der Waals surface area contributed by atoms with Crippen LogP contribution < -0.4 is 0 Å². The molecule has 1 aromatic carbocycles. The SMILES string of the molecule is Oc1ccc(-n2nnnc2SC2CCOC2)cc1. The van der Waals surface area contributed by atoms with E-state index in [2.05, 4.69) is 15.5 Å². The largest absolute Gasteiger partial charge is 0.508 e. The molecule has 1 aliphatic heterocycles. The van der Waals surface area contributed by atoms with Crippen LogP contribution in [0.1, 0.15) is 6.42 Å². The topological polar surface area (TPSA) is 73.1 Å². The quantitative estimate of drug-likeness (QED) is 0.899. The van der Waals surface area contributed by atoms with Crippen LogP contribution in [0.15, 0.2) is 29.4 Å². The van der Waals surface area contributed by atoms with Gasteiger partial charge in [-0.15, -0.1) is 5.10 Å². The van der Waals surface area contributed by atoms with Crippen molar-refractivity contribution in [3.8, 4) is 11.4 Å². The van der Waals surface area contributed by atoms with E-state index in [1.54, 1.807) is 40.7 Å². The summed E-state index contributed by atoms with van der Waals surface area (Å²) in [6.45, 7) is 1.55. The van der Waals surface area contributed by atoms with Crippen LogP contribution >= 0.6 is 11.8 Å². The fourth-order valence-electron chi connectivity index (χ4n) is 1.76. The van der Waals surface area contributed by atoms with Crippen molar-refractivity contribution in [2.75, 3.05) is 13.2 Å². The Morgan fingerprint density at radius 2 is 2.17 bits per heavy atom. The minimum Gasteiger partial charge on any atom is -0.508 e. The van der Waals surface area contributed by atoms with Crippen LogP contribution in [0.5, 0.6) is 5.75 Å². The predicted octanol–water partition coefficient (Wildman–Crippen LogP) is 1.25. The van der Waals surface area contributed by atoms with Crippen molar-refractivity contribution in [3.05, 3.63) is 24.3 Å². The maximum atomic E-state index is 9.27. The number of aromatic hydroxyl groups is 1. The summed E-state index contributed by atoms with van der Waals surface area (Å²) < 4.78 is 7.00. The van der Waals surface area contributed by atoms with Crippen molar-refractivity contribution < 1.29 is 9.84 Å². The summed E-state index contributed by atoms with van der Waals surface area (Å²) in [5, 5.41) is 22.1. The lowest BCUT2D eigenvalue weighted by Crippen LogP contribution is -2.05. The predicted molar refractivity (Wildman–Crippen MR) is 65.9 cm³/mol. The van der Waals surface area contributed by atoms with Crippen LogP contribution in [0.25, 0.3) is 5.69 Å². The third-order valence-corrected chi connectivity index (χ3v) is 3.87. The molecule has 7 heteroatoms. The van der Waals surface area contributed by atoms with Gasteiger partial charge in [-0.25, -0.2) is 0 Å². The van der Waals surface area contributed by atoms with Crippen LogP contribution in [-0.2, 0) is 4.74 Å². The Kier molecular flexibility index (Phi) is 3.16. The smallest absolute Gasteiger partial charge is 0.214 e. The number of benzene rings is 1. The van der Waals surface area contributed by atoms with E-state index >= 15 is 0 Å². The molecule has 1 aliphatic rings. The Labute approximate surface area is 108 Å². The molecule has 1 atom stereocenters. The molecule has 2 aromatic rings. The minimum atomic E-state index is 0.227. The summed E-state index contributed by atoms with van der Waals surface area (Å²) in [5.41, 5.74) is 0.833. The molecule has 0 radical (unpaired) electrons. The number of thioether (sulfide) groups is 1. The van der Waals surface area contributed by atoms with Gasteiger partial charge in [-0.05, 0) is 41.1 Å². The first-order valence-corrected chi connectivity index (χ1v) is 6.53. The van der Waals surface area contributed by atoms with E-state index in [9.17, 15) is 5.11 Å². The number of rotatable bonds is 3. The zero-order chi connectivity index (χ0) is 12.4. The zero-order valence-corrected chi connectivity index (χ0v) is 10.4. The monoisotopic (exact) mass is 264 g/mol. The van der Waals surface area contributed by atoms with E-state index in [0.717, 1.165) is 30.5 Å². The standard InChI is InChI=1S/C11H12N4O2S/c16-9-3-1-8(2-4-9)15-11(12-13-14-15)18-10-5-6-17-7-10/h1-4,10,16H,5-7H2. The van der Waals surface area contributed by atoms with Gasteiger partial charge in [0.1, 0.15) is 5.75 Å². The summed E-state index contributed by atoms with van der Waals surface area (Å²) in [7, 11) is 0. The second-order valence-corrected chi connectivity index (χ2v) is 5.26. The van der Waals surface area contributed by atoms with Gasteiger partial charge >= 0.3 is 0 Å². The summed E-state index contributed by atoms with van der Waals surface area (Å²) in [6, 6.07) is 6.79. The number of ether oxygens (including phenoxy) is 1. The van der Waals surface area contributed by atoms with E-state index in [-0.39, 0.29) is 5.75 Å². The zero-order valence-electron chi connectivity index (χ0n) is 9.56. The van der Waals surface area contributed by atoms with Crippen LogP contribution in [0, 0.1) is 0 Å². The number of tetrazole rings is 1. The van der Waals surface area contributed by atoms with Gasteiger partial charge in [0.15, 0.2) is 0 Å². The molecule has 94 valence electrons. The van der Waals surface area contributed by atoms with Crippen molar-refractivity contribution in [2.45, 2.75) is 16.8 Å². The van der Waals surface area contributed by atoms with E-state index in [1.807, 2.05) is 0 Å². The van der Waals surface area contributed by atoms with Crippen molar-refractivity contribution >= 4 is 11.8 Å². The lowest BCUT2D eigenvalue weighted by molar-refractivity contribution is 0.199. The lowest BCUT2D eigenvalue weighted by atomic mass is 10.3.